The minimum Gasteiger partial charge on any atom is -0.396 e. The summed E-state index contributed by atoms with van der Waals surface area (Å²) >= 11 is 0. The van der Waals surface area contributed by atoms with Crippen molar-refractivity contribution in [2.45, 2.75) is 44.9 Å². The van der Waals surface area contributed by atoms with Gasteiger partial charge in [0.25, 0.3) is 0 Å². The summed E-state index contributed by atoms with van der Waals surface area (Å²) in [6.45, 7) is 4.53. The van der Waals surface area contributed by atoms with E-state index in [1.54, 1.807) is 0 Å². The minimum atomic E-state index is 0.247. The Hall–Kier alpha value is -0.820. The Kier molecular flexibility index (Phi) is 3.11. The van der Waals surface area contributed by atoms with Crippen molar-refractivity contribution in [3.63, 3.8) is 0 Å². The number of benzene rings is 1. The zero-order chi connectivity index (χ0) is 10.8. The third-order valence-corrected chi connectivity index (χ3v) is 3.34. The molecular weight excluding hydrogens is 184 g/mol. The quantitative estimate of drug-likeness (QED) is 0.798. The summed E-state index contributed by atoms with van der Waals surface area (Å²) in [7, 11) is 0. The fraction of sp³-hybridized carbons (Fsp3) is 0.571. The summed E-state index contributed by atoms with van der Waals surface area (Å²) in [6, 6.07) is 6.87. The van der Waals surface area contributed by atoms with Gasteiger partial charge in [-0.15, -0.1) is 0 Å². The maximum absolute atomic E-state index is 9.20. The van der Waals surface area contributed by atoms with Crippen LogP contribution in [0, 0.1) is 0 Å². The van der Waals surface area contributed by atoms with Crippen molar-refractivity contribution in [3.05, 3.63) is 34.9 Å². The summed E-state index contributed by atoms with van der Waals surface area (Å²) in [4.78, 5) is 0. The molecule has 1 aromatic carbocycles. The van der Waals surface area contributed by atoms with E-state index in [2.05, 4.69) is 32.0 Å². The molecule has 1 saturated carbocycles. The first-order valence-corrected chi connectivity index (χ1v) is 5.99. The highest BCUT2D eigenvalue weighted by atomic mass is 16.3. The third kappa shape index (κ3) is 2.40. The second kappa shape index (κ2) is 4.36. The highest BCUT2D eigenvalue weighted by Crippen LogP contribution is 2.41. The molecule has 1 N–H and O–H groups in total. The van der Waals surface area contributed by atoms with Crippen molar-refractivity contribution >= 4 is 0 Å². The van der Waals surface area contributed by atoms with Crippen molar-refractivity contribution in [2.75, 3.05) is 6.61 Å². The molecule has 0 radical (unpaired) electrons. The molecule has 1 nitrogen and oxygen atoms in total. The molecule has 0 bridgehead atoms. The molecule has 0 spiro atoms. The molecule has 1 aliphatic rings. The number of aliphatic hydroxyl groups is 1. The van der Waals surface area contributed by atoms with Gasteiger partial charge in [0.1, 0.15) is 0 Å². The Morgan fingerprint density at radius 2 is 2.07 bits per heavy atom. The topological polar surface area (TPSA) is 20.2 Å². The second-order valence-corrected chi connectivity index (χ2v) is 4.72. The molecule has 1 fully saturated rings. The van der Waals surface area contributed by atoms with Gasteiger partial charge in [-0.25, -0.2) is 0 Å². The Balaban J connectivity index is 2.32. The first-order valence-electron chi connectivity index (χ1n) is 5.99. The Morgan fingerprint density at radius 3 is 2.60 bits per heavy atom. The summed E-state index contributed by atoms with van der Waals surface area (Å²) in [5.41, 5.74) is 4.21. The van der Waals surface area contributed by atoms with Crippen molar-refractivity contribution in [1.29, 1.82) is 0 Å². The van der Waals surface area contributed by atoms with Crippen molar-refractivity contribution < 1.29 is 5.11 Å². The summed E-state index contributed by atoms with van der Waals surface area (Å²) in [5.74, 6) is 1.08. The number of hydrogen-bond donors (Lipinski definition) is 1. The minimum absolute atomic E-state index is 0.247. The van der Waals surface area contributed by atoms with Crippen LogP contribution in [0.1, 0.15) is 55.2 Å². The molecule has 0 amide bonds. The van der Waals surface area contributed by atoms with Gasteiger partial charge in [0.05, 0.1) is 0 Å². The molecule has 0 heterocycles. The maximum atomic E-state index is 9.20. The fourth-order valence-corrected chi connectivity index (χ4v) is 1.99. The Bertz CT molecular complexity index is 339. The van der Waals surface area contributed by atoms with Crippen molar-refractivity contribution in [2.24, 2.45) is 0 Å². The first kappa shape index (κ1) is 10.7. The molecule has 1 heteroatoms. The van der Waals surface area contributed by atoms with E-state index in [4.69, 9.17) is 0 Å². The van der Waals surface area contributed by atoms with Gasteiger partial charge in [-0.1, -0.05) is 32.0 Å². The zero-order valence-electron chi connectivity index (χ0n) is 9.66. The molecule has 82 valence electrons. The largest absolute Gasteiger partial charge is 0.396 e. The molecule has 1 aliphatic carbocycles. The van der Waals surface area contributed by atoms with Gasteiger partial charge >= 0.3 is 0 Å². The lowest BCUT2D eigenvalue weighted by Gasteiger charge is -2.12. The van der Waals surface area contributed by atoms with Crippen LogP contribution in [-0.4, -0.2) is 11.7 Å². The lowest BCUT2D eigenvalue weighted by Crippen LogP contribution is -2.01. The molecule has 1 atom stereocenters. The lowest BCUT2D eigenvalue weighted by molar-refractivity contribution is 0.273. The Labute approximate surface area is 92.1 Å². The van der Waals surface area contributed by atoms with E-state index >= 15 is 0 Å². The van der Waals surface area contributed by atoms with Crippen molar-refractivity contribution in [3.8, 4) is 0 Å². The second-order valence-electron chi connectivity index (χ2n) is 4.72. The molecule has 1 aromatic rings. The summed E-state index contributed by atoms with van der Waals surface area (Å²) < 4.78 is 0. The normalized spacial score (nSPS) is 17.8. The van der Waals surface area contributed by atoms with Crippen LogP contribution in [-0.2, 0) is 6.42 Å². The molecule has 15 heavy (non-hydrogen) atoms. The van der Waals surface area contributed by atoms with Crippen molar-refractivity contribution in [1.82, 2.24) is 0 Å². The average Bonchev–Trinajstić information content (AvgIpc) is 3.11. The van der Waals surface area contributed by atoms with Gasteiger partial charge in [0.15, 0.2) is 0 Å². The van der Waals surface area contributed by atoms with E-state index in [1.165, 1.54) is 29.5 Å². The molecule has 1 unspecified atom stereocenters. The standard InChI is InChI=1S/C14H20O/c1-3-11-6-13(10(2)9-15)8-14(7-11)12-4-5-12/h6-8,10,12,15H,3-5,9H2,1-2H3. The summed E-state index contributed by atoms with van der Waals surface area (Å²) in [5, 5.41) is 9.20. The molecule has 0 aromatic heterocycles. The molecule has 2 rings (SSSR count). The van der Waals surface area contributed by atoms with Crippen LogP contribution in [0.3, 0.4) is 0 Å². The van der Waals surface area contributed by atoms with E-state index in [0.717, 1.165) is 12.3 Å². The van der Waals surface area contributed by atoms with E-state index in [1.807, 2.05) is 0 Å². The predicted octanol–water partition coefficient (Wildman–Crippen LogP) is 3.22. The number of aryl methyl sites for hydroxylation is 1. The molecule has 0 saturated heterocycles. The zero-order valence-corrected chi connectivity index (χ0v) is 9.66. The van der Waals surface area contributed by atoms with E-state index in [0.29, 0.717) is 0 Å². The van der Waals surface area contributed by atoms with Crippen LogP contribution < -0.4 is 0 Å². The van der Waals surface area contributed by atoms with Crippen LogP contribution in [0.4, 0.5) is 0 Å². The van der Waals surface area contributed by atoms with Gasteiger partial charge in [0.2, 0.25) is 0 Å². The van der Waals surface area contributed by atoms with Gasteiger partial charge in [0, 0.05) is 12.5 Å². The summed E-state index contributed by atoms with van der Waals surface area (Å²) in [6.07, 6.45) is 3.78. The van der Waals surface area contributed by atoms with E-state index in [-0.39, 0.29) is 12.5 Å². The fourth-order valence-electron chi connectivity index (χ4n) is 1.99. The maximum Gasteiger partial charge on any atom is 0.0497 e. The van der Waals surface area contributed by atoms with Gasteiger partial charge in [-0.2, -0.15) is 0 Å². The molecule has 0 aliphatic heterocycles. The number of rotatable bonds is 4. The first-order chi connectivity index (χ1) is 7.24. The number of hydrogen-bond acceptors (Lipinski definition) is 1. The predicted molar refractivity (Wildman–Crippen MR) is 63.3 cm³/mol. The lowest BCUT2D eigenvalue weighted by atomic mass is 9.94. The van der Waals surface area contributed by atoms with Crippen LogP contribution >= 0.6 is 0 Å². The van der Waals surface area contributed by atoms with Crippen LogP contribution in [0.2, 0.25) is 0 Å². The number of aliphatic hydroxyl groups excluding tert-OH is 1. The van der Waals surface area contributed by atoms with E-state index in [9.17, 15) is 5.11 Å². The average molecular weight is 204 g/mol. The van der Waals surface area contributed by atoms with Gasteiger partial charge in [-0.05, 0) is 41.9 Å². The highest BCUT2D eigenvalue weighted by molar-refractivity contribution is 5.36. The van der Waals surface area contributed by atoms with Gasteiger partial charge < -0.3 is 5.11 Å². The van der Waals surface area contributed by atoms with Crippen LogP contribution in [0.15, 0.2) is 18.2 Å². The Morgan fingerprint density at radius 1 is 1.33 bits per heavy atom. The van der Waals surface area contributed by atoms with Crippen LogP contribution in [0.25, 0.3) is 0 Å². The molecular formula is C14H20O. The van der Waals surface area contributed by atoms with Gasteiger partial charge in [-0.3, -0.25) is 0 Å². The SMILES string of the molecule is CCc1cc(C(C)CO)cc(C2CC2)c1. The monoisotopic (exact) mass is 204 g/mol. The smallest absolute Gasteiger partial charge is 0.0497 e. The third-order valence-electron chi connectivity index (χ3n) is 3.34. The van der Waals surface area contributed by atoms with Crippen LogP contribution in [0.5, 0.6) is 0 Å². The van der Waals surface area contributed by atoms with E-state index < -0.39 is 0 Å². The highest BCUT2D eigenvalue weighted by Gasteiger charge is 2.24.